The molecule has 2 nitrogen and oxygen atoms in total. The smallest absolute Gasteiger partial charge is 0.0636 e. The lowest BCUT2D eigenvalue weighted by atomic mass is 10.7. The van der Waals surface area contributed by atoms with Crippen LogP contribution in [0.5, 0.6) is 0 Å². The fourth-order valence-corrected chi connectivity index (χ4v) is 0.359. The van der Waals surface area contributed by atoms with Crippen LogP contribution in [0.3, 0.4) is 0 Å². The van der Waals surface area contributed by atoms with Crippen LogP contribution in [0.4, 0.5) is 0 Å². The van der Waals surface area contributed by atoms with Crippen molar-refractivity contribution in [2.45, 2.75) is 12.8 Å². The van der Waals surface area contributed by atoms with Gasteiger partial charge in [0.15, 0.2) is 0 Å². The number of rotatable bonds is 2. The summed E-state index contributed by atoms with van der Waals surface area (Å²) in [4.78, 5) is 4.57. The van der Waals surface area contributed by atoms with Crippen molar-refractivity contribution in [1.29, 1.82) is 0 Å². The van der Waals surface area contributed by atoms with Crippen LogP contribution in [0.2, 0.25) is 0 Å². The fraction of sp³-hybridized carbons (Fsp3) is 0.600. The summed E-state index contributed by atoms with van der Waals surface area (Å²) in [5, 5.41) is 0. The molecule has 0 amide bonds. The Bertz CT molecular complexity index is 82.1. The molecule has 0 aromatic heterocycles. The average Bonchev–Trinajstić information content (AvgIpc) is 2.42. The van der Waals surface area contributed by atoms with Crippen molar-refractivity contribution >= 4 is 0 Å². The molecule has 2 heteroatoms. The maximum Gasteiger partial charge on any atom is 0.0636 e. The molecule has 1 aliphatic carbocycles. The Kier molecular flexibility index (Phi) is 1.32. The summed E-state index contributed by atoms with van der Waals surface area (Å²) in [6.07, 6.45) is 4.40. The molecule has 0 saturated heterocycles. The van der Waals surface area contributed by atoms with Gasteiger partial charge in [-0.3, -0.25) is 10.3 Å². The zero-order chi connectivity index (χ0) is 5.11. The first-order valence-electron chi connectivity index (χ1n) is 2.40. The quantitative estimate of drug-likeness (QED) is 0.517. The van der Waals surface area contributed by atoms with Crippen molar-refractivity contribution < 1.29 is 4.84 Å². The summed E-state index contributed by atoms with van der Waals surface area (Å²) in [7, 11) is 1.61. The van der Waals surface area contributed by atoms with Crippen LogP contribution >= 0.6 is 0 Å². The van der Waals surface area contributed by atoms with Crippen molar-refractivity contribution in [2.24, 2.45) is 0 Å². The first kappa shape index (κ1) is 4.65. The van der Waals surface area contributed by atoms with E-state index in [0.29, 0.717) is 0 Å². The number of hydroxylamine groups is 1. The van der Waals surface area contributed by atoms with Gasteiger partial charge >= 0.3 is 0 Å². The molecule has 0 spiro atoms. The molecule has 0 atom stereocenters. The first-order valence-corrected chi connectivity index (χ1v) is 2.40. The van der Waals surface area contributed by atoms with Crippen LogP contribution < -0.4 is 5.48 Å². The highest BCUT2D eigenvalue weighted by Crippen LogP contribution is 2.25. The summed E-state index contributed by atoms with van der Waals surface area (Å²) in [5.41, 5.74) is 4.09. The Morgan fingerprint density at radius 2 is 2.43 bits per heavy atom. The van der Waals surface area contributed by atoms with Gasteiger partial charge in [-0.1, -0.05) is 5.57 Å². The van der Waals surface area contributed by atoms with Gasteiger partial charge in [0.25, 0.3) is 0 Å². The molecule has 0 aliphatic heterocycles. The van der Waals surface area contributed by atoms with E-state index < -0.39 is 0 Å². The van der Waals surface area contributed by atoms with Gasteiger partial charge in [0.1, 0.15) is 0 Å². The molecule has 0 aromatic carbocycles. The molecule has 0 aromatic rings. The highest BCUT2D eigenvalue weighted by atomic mass is 16.6. The van der Waals surface area contributed by atoms with Gasteiger partial charge in [0.2, 0.25) is 0 Å². The second-order valence-corrected chi connectivity index (χ2v) is 1.62. The number of allylic oxidation sites excluding steroid dienone is 1. The molecule has 1 aliphatic rings. The lowest BCUT2D eigenvalue weighted by Gasteiger charge is -1.88. The maximum atomic E-state index is 4.57. The Morgan fingerprint density at radius 1 is 1.71 bits per heavy atom. The lowest BCUT2D eigenvalue weighted by Crippen LogP contribution is -1.99. The third kappa shape index (κ3) is 1.59. The molecule has 1 rings (SSSR count). The molecule has 0 radical (unpaired) electrons. The number of hydrogen-bond donors (Lipinski definition) is 1. The predicted molar refractivity (Wildman–Crippen MR) is 27.5 cm³/mol. The van der Waals surface area contributed by atoms with Crippen LogP contribution in [0.1, 0.15) is 12.8 Å². The second-order valence-electron chi connectivity index (χ2n) is 1.62. The topological polar surface area (TPSA) is 21.3 Å². The van der Waals surface area contributed by atoms with Gasteiger partial charge in [-0.25, -0.2) is 0 Å². The normalized spacial score (nSPS) is 16.4. The van der Waals surface area contributed by atoms with E-state index in [2.05, 4.69) is 10.3 Å². The molecule has 7 heavy (non-hydrogen) atoms. The fourth-order valence-electron chi connectivity index (χ4n) is 0.359. The van der Waals surface area contributed by atoms with E-state index in [9.17, 15) is 0 Å². The van der Waals surface area contributed by atoms with Gasteiger partial charge in [-0.05, 0) is 12.8 Å². The molecule has 40 valence electrons. The highest BCUT2D eigenvalue weighted by molar-refractivity contribution is 5.14. The summed E-state index contributed by atoms with van der Waals surface area (Å²) in [6.45, 7) is 0. The minimum atomic E-state index is 1.25. The van der Waals surface area contributed by atoms with Crippen LogP contribution in [-0.4, -0.2) is 7.11 Å². The van der Waals surface area contributed by atoms with E-state index >= 15 is 0 Å². The Balaban J connectivity index is 2.07. The zero-order valence-corrected chi connectivity index (χ0v) is 4.40. The van der Waals surface area contributed by atoms with Gasteiger partial charge in [-0.15, -0.1) is 0 Å². The van der Waals surface area contributed by atoms with E-state index in [1.54, 1.807) is 7.11 Å². The standard InChI is InChI=1S/C5H9NO/c1-7-6-4-5-2-3-5/h4,6H,2-3H2,1H3. The molecule has 1 N–H and O–H groups in total. The first-order chi connectivity index (χ1) is 3.43. The summed E-state index contributed by atoms with van der Waals surface area (Å²) in [5.74, 6) is 0. The van der Waals surface area contributed by atoms with Crippen molar-refractivity contribution in [3.8, 4) is 0 Å². The van der Waals surface area contributed by atoms with Crippen molar-refractivity contribution in [3.63, 3.8) is 0 Å². The van der Waals surface area contributed by atoms with Crippen LogP contribution in [0.15, 0.2) is 11.8 Å². The lowest BCUT2D eigenvalue weighted by molar-refractivity contribution is 0.128. The van der Waals surface area contributed by atoms with E-state index in [1.807, 2.05) is 6.20 Å². The summed E-state index contributed by atoms with van der Waals surface area (Å²) < 4.78 is 0. The third-order valence-corrected chi connectivity index (χ3v) is 0.920. The van der Waals surface area contributed by atoms with E-state index in [0.717, 1.165) is 0 Å². The van der Waals surface area contributed by atoms with E-state index in [4.69, 9.17) is 0 Å². The largest absolute Gasteiger partial charge is 0.280 e. The highest BCUT2D eigenvalue weighted by Gasteiger charge is 2.08. The molecule has 1 fully saturated rings. The van der Waals surface area contributed by atoms with Crippen LogP contribution in [-0.2, 0) is 4.84 Å². The SMILES string of the molecule is CONC=C1CC1. The number of nitrogens with one attached hydrogen (secondary N) is 1. The number of hydrogen-bond acceptors (Lipinski definition) is 2. The second kappa shape index (κ2) is 1.98. The van der Waals surface area contributed by atoms with Gasteiger partial charge < -0.3 is 0 Å². The Hall–Kier alpha value is -0.500. The van der Waals surface area contributed by atoms with Crippen molar-refractivity contribution in [2.75, 3.05) is 7.11 Å². The average molecular weight is 99.1 g/mol. The van der Waals surface area contributed by atoms with Gasteiger partial charge in [-0.2, -0.15) is 0 Å². The molecular weight excluding hydrogens is 90.1 g/mol. The molecule has 0 unspecified atom stereocenters. The monoisotopic (exact) mass is 99.1 g/mol. The Labute approximate surface area is 43.1 Å². The maximum absolute atomic E-state index is 4.57. The summed E-state index contributed by atoms with van der Waals surface area (Å²) >= 11 is 0. The zero-order valence-electron chi connectivity index (χ0n) is 4.40. The molecule has 1 saturated carbocycles. The Morgan fingerprint density at radius 3 is 2.86 bits per heavy atom. The van der Waals surface area contributed by atoms with Crippen LogP contribution in [0.25, 0.3) is 0 Å². The van der Waals surface area contributed by atoms with Crippen molar-refractivity contribution in [1.82, 2.24) is 5.48 Å². The minimum Gasteiger partial charge on any atom is -0.280 e. The summed E-state index contributed by atoms with van der Waals surface area (Å²) in [6, 6.07) is 0. The minimum absolute atomic E-state index is 1.25. The van der Waals surface area contributed by atoms with Gasteiger partial charge in [0, 0.05) is 6.20 Å². The van der Waals surface area contributed by atoms with Gasteiger partial charge in [0.05, 0.1) is 7.11 Å². The predicted octanol–water partition coefficient (Wildman–Crippen LogP) is 0.815. The van der Waals surface area contributed by atoms with E-state index in [-0.39, 0.29) is 0 Å². The van der Waals surface area contributed by atoms with E-state index in [1.165, 1.54) is 18.4 Å². The third-order valence-electron chi connectivity index (χ3n) is 0.920. The van der Waals surface area contributed by atoms with Crippen LogP contribution in [0, 0.1) is 0 Å². The molecular formula is C5H9NO. The molecule has 0 bridgehead atoms. The van der Waals surface area contributed by atoms with Crippen molar-refractivity contribution in [3.05, 3.63) is 11.8 Å². The molecule has 0 heterocycles.